The largest absolute Gasteiger partial charge is 0.384 e. The van der Waals surface area contributed by atoms with E-state index in [-0.39, 0.29) is 36.3 Å². The van der Waals surface area contributed by atoms with E-state index in [9.17, 15) is 9.59 Å². The Hall–Kier alpha value is -3.68. The van der Waals surface area contributed by atoms with E-state index in [0.717, 1.165) is 0 Å². The lowest BCUT2D eigenvalue weighted by molar-refractivity contribution is -0.119. The van der Waals surface area contributed by atoms with Gasteiger partial charge in [-0.15, -0.1) is 0 Å². The van der Waals surface area contributed by atoms with Gasteiger partial charge in [-0.1, -0.05) is 0 Å². The molecule has 2 aromatic rings. The van der Waals surface area contributed by atoms with Gasteiger partial charge in [-0.2, -0.15) is 0 Å². The fourth-order valence-electron chi connectivity index (χ4n) is 2.74. The Morgan fingerprint density at radius 3 is 1.31 bits per heavy atom. The van der Waals surface area contributed by atoms with Crippen molar-refractivity contribution in [3.63, 3.8) is 0 Å². The Morgan fingerprint density at radius 2 is 1.03 bits per heavy atom. The summed E-state index contributed by atoms with van der Waals surface area (Å²) in [6, 6.07) is 13.7. The first kappa shape index (κ1) is 21.6. The molecule has 0 spiro atoms. The average molecular weight is 394 g/mol. The van der Waals surface area contributed by atoms with Crippen molar-refractivity contribution in [2.45, 2.75) is 19.3 Å². The lowest BCUT2D eigenvalue weighted by atomic mass is 10.1. The van der Waals surface area contributed by atoms with Crippen LogP contribution < -0.4 is 21.3 Å². The Bertz CT molecular complexity index is 830. The number of nitrogens with one attached hydrogen (secondary N) is 2. The molecule has 0 aromatic heterocycles. The third kappa shape index (κ3) is 5.65. The normalized spacial score (nSPS) is 10.3. The highest BCUT2D eigenvalue weighted by Gasteiger charge is 2.15. The van der Waals surface area contributed by atoms with Gasteiger partial charge in [0, 0.05) is 49.4 Å². The van der Waals surface area contributed by atoms with Crippen LogP contribution in [0.4, 0.5) is 11.4 Å². The standard InChI is InChI=1S/C21H26N6O2/c1-26(16-10-6-14(7-11-16)20(22)23)18(28)4-3-5-19(29)27(2)17-12-8-15(9-13-17)21(24)25/h6-13H,3-5H2,1-2H3,(H3,22,23)(H3,24,25). The smallest absolute Gasteiger partial charge is 0.226 e. The molecule has 0 fully saturated rings. The Kier molecular flexibility index (Phi) is 7.08. The molecule has 0 aliphatic heterocycles. The monoisotopic (exact) mass is 394 g/mol. The van der Waals surface area contributed by atoms with Crippen molar-refractivity contribution < 1.29 is 9.59 Å². The van der Waals surface area contributed by atoms with Crippen LogP contribution in [-0.2, 0) is 9.59 Å². The number of carbonyl (C=O) groups excluding carboxylic acids is 2. The number of nitrogens with zero attached hydrogens (tertiary/aromatic N) is 2. The maximum Gasteiger partial charge on any atom is 0.226 e. The van der Waals surface area contributed by atoms with Crippen molar-refractivity contribution in [3.8, 4) is 0 Å². The molecule has 6 N–H and O–H groups in total. The summed E-state index contributed by atoms with van der Waals surface area (Å²) in [5.74, 6) is -0.239. The highest BCUT2D eigenvalue weighted by atomic mass is 16.2. The molecule has 0 saturated heterocycles. The number of nitrogens with two attached hydrogens (primary N) is 2. The predicted octanol–water partition coefficient (Wildman–Crippen LogP) is 2.05. The number of amidine groups is 2. The molecule has 2 amide bonds. The minimum Gasteiger partial charge on any atom is -0.384 e. The molecule has 0 bridgehead atoms. The minimum atomic E-state index is -0.0955. The van der Waals surface area contributed by atoms with Crippen molar-refractivity contribution >= 4 is 34.9 Å². The fraction of sp³-hybridized carbons (Fsp3) is 0.238. The number of amides is 2. The van der Waals surface area contributed by atoms with Crippen LogP contribution >= 0.6 is 0 Å². The van der Waals surface area contributed by atoms with Crippen LogP contribution in [0.15, 0.2) is 48.5 Å². The molecule has 0 aliphatic rings. The van der Waals surface area contributed by atoms with Gasteiger partial charge in [0.15, 0.2) is 0 Å². The van der Waals surface area contributed by atoms with Crippen LogP contribution in [0.25, 0.3) is 0 Å². The lowest BCUT2D eigenvalue weighted by Gasteiger charge is -2.19. The molecule has 0 aliphatic carbocycles. The molecule has 2 rings (SSSR count). The van der Waals surface area contributed by atoms with Crippen LogP contribution in [0.3, 0.4) is 0 Å². The van der Waals surface area contributed by atoms with E-state index in [4.69, 9.17) is 22.3 Å². The van der Waals surface area contributed by atoms with Crippen molar-refractivity contribution in [2.24, 2.45) is 11.5 Å². The van der Waals surface area contributed by atoms with Crippen molar-refractivity contribution in [1.82, 2.24) is 0 Å². The number of nitrogen functional groups attached to an aromatic ring is 2. The summed E-state index contributed by atoms with van der Waals surface area (Å²) in [5.41, 5.74) is 13.5. The summed E-state index contributed by atoms with van der Waals surface area (Å²) in [7, 11) is 3.35. The highest BCUT2D eigenvalue weighted by molar-refractivity contribution is 5.98. The minimum absolute atomic E-state index is 0.0240. The molecule has 0 atom stereocenters. The molecule has 8 heteroatoms. The third-order valence-corrected chi connectivity index (χ3v) is 4.66. The summed E-state index contributed by atoms with van der Waals surface area (Å²) in [4.78, 5) is 27.8. The van der Waals surface area contributed by atoms with Crippen LogP contribution in [0, 0.1) is 10.8 Å². The summed E-state index contributed by atoms with van der Waals surface area (Å²) in [6.07, 6.45) is 0.922. The quantitative estimate of drug-likeness (QED) is 0.402. The van der Waals surface area contributed by atoms with Gasteiger partial charge in [0.1, 0.15) is 11.7 Å². The summed E-state index contributed by atoms with van der Waals surface area (Å²) in [5, 5.41) is 14.8. The second-order valence-electron chi connectivity index (χ2n) is 6.68. The van der Waals surface area contributed by atoms with Crippen LogP contribution in [0.1, 0.15) is 30.4 Å². The van der Waals surface area contributed by atoms with E-state index >= 15 is 0 Å². The summed E-state index contributed by atoms with van der Waals surface area (Å²) >= 11 is 0. The Labute approximate surface area is 170 Å². The van der Waals surface area contributed by atoms with Crippen molar-refractivity contribution in [1.29, 1.82) is 10.8 Å². The van der Waals surface area contributed by atoms with Gasteiger partial charge < -0.3 is 21.3 Å². The van der Waals surface area contributed by atoms with E-state index in [1.807, 2.05) is 0 Å². The number of anilines is 2. The van der Waals surface area contributed by atoms with Crippen LogP contribution in [0.5, 0.6) is 0 Å². The fourth-order valence-corrected chi connectivity index (χ4v) is 2.74. The van der Waals surface area contributed by atoms with Crippen molar-refractivity contribution in [2.75, 3.05) is 23.9 Å². The Morgan fingerprint density at radius 1 is 0.724 bits per heavy atom. The zero-order valence-corrected chi connectivity index (χ0v) is 16.6. The van der Waals surface area contributed by atoms with E-state index in [2.05, 4.69) is 0 Å². The van der Waals surface area contributed by atoms with Crippen LogP contribution in [-0.4, -0.2) is 37.6 Å². The summed E-state index contributed by atoms with van der Waals surface area (Å²) < 4.78 is 0. The molecular formula is C21H26N6O2. The van der Waals surface area contributed by atoms with Gasteiger partial charge >= 0.3 is 0 Å². The molecule has 8 nitrogen and oxygen atoms in total. The van der Waals surface area contributed by atoms with Gasteiger partial charge in [0.05, 0.1) is 0 Å². The van der Waals surface area contributed by atoms with E-state index in [1.54, 1.807) is 62.6 Å². The van der Waals surface area contributed by atoms with E-state index in [0.29, 0.717) is 28.9 Å². The lowest BCUT2D eigenvalue weighted by Crippen LogP contribution is -2.28. The zero-order chi connectivity index (χ0) is 21.6. The zero-order valence-electron chi connectivity index (χ0n) is 16.6. The van der Waals surface area contributed by atoms with Gasteiger partial charge in [-0.05, 0) is 55.0 Å². The number of benzene rings is 2. The number of rotatable bonds is 8. The van der Waals surface area contributed by atoms with E-state index in [1.165, 1.54) is 9.80 Å². The van der Waals surface area contributed by atoms with E-state index < -0.39 is 0 Å². The molecule has 29 heavy (non-hydrogen) atoms. The molecule has 0 unspecified atom stereocenters. The second kappa shape index (κ2) is 9.50. The highest BCUT2D eigenvalue weighted by Crippen LogP contribution is 2.17. The van der Waals surface area contributed by atoms with Gasteiger partial charge in [0.25, 0.3) is 0 Å². The predicted molar refractivity (Wildman–Crippen MR) is 116 cm³/mol. The first-order valence-electron chi connectivity index (χ1n) is 9.12. The number of carbonyl (C=O) groups is 2. The topological polar surface area (TPSA) is 140 Å². The summed E-state index contributed by atoms with van der Waals surface area (Å²) in [6.45, 7) is 0. The average Bonchev–Trinajstić information content (AvgIpc) is 2.72. The number of hydrogen-bond donors (Lipinski definition) is 4. The molecule has 2 aromatic carbocycles. The number of hydrogen-bond acceptors (Lipinski definition) is 4. The SMILES string of the molecule is CN(C(=O)CCCC(=O)N(C)c1ccc(C(=N)N)cc1)c1ccc(C(=N)N)cc1. The molecule has 0 radical (unpaired) electrons. The van der Waals surface area contributed by atoms with Gasteiger partial charge in [-0.3, -0.25) is 20.4 Å². The van der Waals surface area contributed by atoms with Gasteiger partial charge in [0.2, 0.25) is 11.8 Å². The molecule has 152 valence electrons. The maximum atomic E-state index is 12.4. The molecular weight excluding hydrogens is 368 g/mol. The molecule has 0 heterocycles. The Balaban J connectivity index is 1.86. The first-order chi connectivity index (χ1) is 13.7. The second-order valence-corrected chi connectivity index (χ2v) is 6.68. The van der Waals surface area contributed by atoms with Crippen LogP contribution in [0.2, 0.25) is 0 Å². The van der Waals surface area contributed by atoms with Crippen molar-refractivity contribution in [3.05, 3.63) is 59.7 Å². The maximum absolute atomic E-state index is 12.4. The third-order valence-electron chi connectivity index (χ3n) is 4.66. The first-order valence-corrected chi connectivity index (χ1v) is 9.12. The van der Waals surface area contributed by atoms with Gasteiger partial charge in [-0.25, -0.2) is 0 Å². The molecule has 0 saturated carbocycles.